The van der Waals surface area contributed by atoms with Crippen LogP contribution in [0.2, 0.25) is 0 Å². The van der Waals surface area contributed by atoms with Gasteiger partial charge in [0.25, 0.3) is 0 Å². The monoisotopic (exact) mass is 183 g/mol. The molecule has 0 spiro atoms. The van der Waals surface area contributed by atoms with E-state index in [9.17, 15) is 4.79 Å². The van der Waals surface area contributed by atoms with Crippen molar-refractivity contribution in [3.05, 3.63) is 0 Å². The van der Waals surface area contributed by atoms with Gasteiger partial charge in [0.05, 0.1) is 0 Å². The van der Waals surface area contributed by atoms with Gasteiger partial charge in [-0.3, -0.25) is 4.79 Å². The Labute approximate surface area is 78.5 Å². The highest BCUT2D eigenvalue weighted by atomic mass is 16.1. The number of nitrogens with one attached hydrogen (secondary N) is 3. The summed E-state index contributed by atoms with van der Waals surface area (Å²) in [4.78, 5) is 10.9. The summed E-state index contributed by atoms with van der Waals surface area (Å²) in [7, 11) is 0. The minimum Gasteiger partial charge on any atom is -0.352 e. The molecule has 2 aliphatic heterocycles. The Hall–Kier alpha value is -0.610. The minimum atomic E-state index is 0.205. The molecule has 0 bridgehead atoms. The summed E-state index contributed by atoms with van der Waals surface area (Å²) in [5.74, 6) is 0.205. The van der Waals surface area contributed by atoms with Gasteiger partial charge >= 0.3 is 0 Å². The molecule has 2 unspecified atom stereocenters. The molecule has 74 valence electrons. The lowest BCUT2D eigenvalue weighted by atomic mass is 10.2. The van der Waals surface area contributed by atoms with Crippen molar-refractivity contribution in [2.24, 2.45) is 0 Å². The summed E-state index contributed by atoms with van der Waals surface area (Å²) in [6.45, 7) is 3.12. The zero-order chi connectivity index (χ0) is 9.10. The highest BCUT2D eigenvalue weighted by molar-refractivity contribution is 5.78. The summed E-state index contributed by atoms with van der Waals surface area (Å²) in [5, 5.41) is 9.73. The van der Waals surface area contributed by atoms with Crippen LogP contribution in [0, 0.1) is 0 Å². The summed E-state index contributed by atoms with van der Waals surface area (Å²) in [6, 6.07) is 0.977. The smallest absolute Gasteiger partial charge is 0.220 e. The van der Waals surface area contributed by atoms with E-state index in [1.807, 2.05) is 0 Å². The van der Waals surface area contributed by atoms with Crippen LogP contribution in [0.3, 0.4) is 0 Å². The first kappa shape index (κ1) is 8.97. The number of amides is 1. The molecule has 0 aromatic carbocycles. The molecule has 0 aromatic heterocycles. The van der Waals surface area contributed by atoms with Crippen LogP contribution in [0.5, 0.6) is 0 Å². The van der Waals surface area contributed by atoms with Crippen molar-refractivity contribution in [3.63, 3.8) is 0 Å². The second-order valence-corrected chi connectivity index (χ2v) is 3.90. The lowest BCUT2D eigenvalue weighted by molar-refractivity contribution is -0.119. The van der Waals surface area contributed by atoms with E-state index in [-0.39, 0.29) is 5.91 Å². The van der Waals surface area contributed by atoms with Crippen molar-refractivity contribution in [1.29, 1.82) is 0 Å². The Morgan fingerprint density at radius 3 is 3.00 bits per heavy atom. The molecule has 2 rings (SSSR count). The van der Waals surface area contributed by atoms with Gasteiger partial charge < -0.3 is 16.0 Å². The second kappa shape index (κ2) is 4.07. The largest absolute Gasteiger partial charge is 0.352 e. The van der Waals surface area contributed by atoms with E-state index in [2.05, 4.69) is 16.0 Å². The standard InChI is InChI=1S/C9H17N3O/c13-9-2-1-8(12-9)6-11-7-3-4-10-5-7/h7-8,10-11H,1-6H2,(H,12,13). The SMILES string of the molecule is O=C1CCC(CNC2CCNC2)N1. The first-order valence-electron chi connectivity index (χ1n) is 5.08. The van der Waals surface area contributed by atoms with Crippen molar-refractivity contribution >= 4 is 5.91 Å². The Balaban J connectivity index is 1.64. The molecule has 2 saturated heterocycles. The normalized spacial score (nSPS) is 33.7. The lowest BCUT2D eigenvalue weighted by Crippen LogP contribution is -2.41. The van der Waals surface area contributed by atoms with Crippen LogP contribution in [-0.4, -0.2) is 37.6 Å². The third kappa shape index (κ3) is 2.42. The van der Waals surface area contributed by atoms with Gasteiger partial charge in [-0.2, -0.15) is 0 Å². The first-order chi connectivity index (χ1) is 6.34. The number of hydrogen-bond donors (Lipinski definition) is 3. The second-order valence-electron chi connectivity index (χ2n) is 3.90. The average molecular weight is 183 g/mol. The van der Waals surface area contributed by atoms with E-state index in [1.54, 1.807) is 0 Å². The Bertz CT molecular complexity index is 189. The van der Waals surface area contributed by atoms with E-state index >= 15 is 0 Å². The zero-order valence-corrected chi connectivity index (χ0v) is 7.81. The van der Waals surface area contributed by atoms with E-state index in [0.29, 0.717) is 18.5 Å². The number of rotatable bonds is 3. The van der Waals surface area contributed by atoms with Gasteiger partial charge in [0.1, 0.15) is 0 Å². The predicted octanol–water partition coefficient (Wildman–Crippen LogP) is -0.783. The number of carbonyl (C=O) groups is 1. The van der Waals surface area contributed by atoms with Gasteiger partial charge in [-0.25, -0.2) is 0 Å². The third-order valence-electron chi connectivity index (χ3n) is 2.80. The maximum Gasteiger partial charge on any atom is 0.220 e. The van der Waals surface area contributed by atoms with Crippen molar-refractivity contribution < 1.29 is 4.79 Å². The summed E-state index contributed by atoms with van der Waals surface area (Å²) < 4.78 is 0. The fourth-order valence-electron chi connectivity index (χ4n) is 1.97. The van der Waals surface area contributed by atoms with Crippen molar-refractivity contribution in [1.82, 2.24) is 16.0 Å². The highest BCUT2D eigenvalue weighted by Gasteiger charge is 2.22. The van der Waals surface area contributed by atoms with Gasteiger partial charge in [0.2, 0.25) is 5.91 Å². The van der Waals surface area contributed by atoms with Gasteiger partial charge in [-0.05, 0) is 19.4 Å². The van der Waals surface area contributed by atoms with E-state index in [1.165, 1.54) is 6.42 Å². The fraction of sp³-hybridized carbons (Fsp3) is 0.889. The van der Waals surface area contributed by atoms with Crippen LogP contribution in [0.4, 0.5) is 0 Å². The van der Waals surface area contributed by atoms with Gasteiger partial charge in [0, 0.05) is 31.6 Å². The maximum atomic E-state index is 10.9. The van der Waals surface area contributed by atoms with Crippen molar-refractivity contribution in [3.8, 4) is 0 Å². The molecule has 1 amide bonds. The maximum absolute atomic E-state index is 10.9. The molecule has 4 nitrogen and oxygen atoms in total. The summed E-state index contributed by atoms with van der Waals surface area (Å²) in [6.07, 6.45) is 2.90. The summed E-state index contributed by atoms with van der Waals surface area (Å²) in [5.41, 5.74) is 0. The molecule has 0 aromatic rings. The predicted molar refractivity (Wildman–Crippen MR) is 50.4 cm³/mol. The molecule has 2 atom stereocenters. The number of carbonyl (C=O) groups excluding carboxylic acids is 1. The van der Waals surface area contributed by atoms with Gasteiger partial charge in [0.15, 0.2) is 0 Å². The quantitative estimate of drug-likeness (QED) is 0.538. The topological polar surface area (TPSA) is 53.2 Å². The van der Waals surface area contributed by atoms with Gasteiger partial charge in [-0.15, -0.1) is 0 Å². The Morgan fingerprint density at radius 2 is 2.38 bits per heavy atom. The van der Waals surface area contributed by atoms with Crippen molar-refractivity contribution in [2.45, 2.75) is 31.3 Å². The molecular formula is C9H17N3O. The molecule has 3 N–H and O–H groups in total. The highest BCUT2D eigenvalue weighted by Crippen LogP contribution is 2.06. The average Bonchev–Trinajstić information content (AvgIpc) is 2.71. The van der Waals surface area contributed by atoms with Crippen LogP contribution in [0.1, 0.15) is 19.3 Å². The van der Waals surface area contributed by atoms with Crippen LogP contribution in [0.15, 0.2) is 0 Å². The molecule has 13 heavy (non-hydrogen) atoms. The zero-order valence-electron chi connectivity index (χ0n) is 7.81. The molecule has 0 aliphatic carbocycles. The van der Waals surface area contributed by atoms with Crippen LogP contribution in [-0.2, 0) is 4.79 Å². The molecule has 2 aliphatic rings. The van der Waals surface area contributed by atoms with Gasteiger partial charge in [-0.1, -0.05) is 0 Å². The van der Waals surface area contributed by atoms with Crippen LogP contribution < -0.4 is 16.0 Å². The minimum absolute atomic E-state index is 0.205. The Morgan fingerprint density at radius 1 is 1.46 bits per heavy atom. The molecular weight excluding hydrogens is 166 g/mol. The first-order valence-corrected chi connectivity index (χ1v) is 5.08. The number of hydrogen-bond acceptors (Lipinski definition) is 3. The van der Waals surface area contributed by atoms with Crippen molar-refractivity contribution in [2.75, 3.05) is 19.6 Å². The van der Waals surface area contributed by atoms with E-state index in [4.69, 9.17) is 0 Å². The van der Waals surface area contributed by atoms with Crippen LogP contribution >= 0.6 is 0 Å². The molecule has 2 heterocycles. The Kier molecular flexibility index (Phi) is 2.80. The lowest BCUT2D eigenvalue weighted by Gasteiger charge is -2.15. The molecule has 4 heteroatoms. The summed E-state index contributed by atoms with van der Waals surface area (Å²) >= 11 is 0. The van der Waals surface area contributed by atoms with E-state index in [0.717, 1.165) is 26.1 Å². The van der Waals surface area contributed by atoms with E-state index < -0.39 is 0 Å². The third-order valence-corrected chi connectivity index (χ3v) is 2.80. The molecule has 2 fully saturated rings. The van der Waals surface area contributed by atoms with Crippen LogP contribution in [0.25, 0.3) is 0 Å². The fourth-order valence-corrected chi connectivity index (χ4v) is 1.97. The molecule has 0 radical (unpaired) electrons. The molecule has 0 saturated carbocycles.